The van der Waals surface area contributed by atoms with E-state index in [2.05, 4.69) is 26.1 Å². The van der Waals surface area contributed by atoms with Gasteiger partial charge in [-0.05, 0) is 37.6 Å². The molecule has 1 aliphatic carbocycles. The standard InChI is InChI=1S/C14H29NO/c1-12(2)11-16-9-5-8-15-14-7-4-6-13(3)10-14/h12-15H,4-11H2,1-3H3. The Balaban J connectivity index is 1.90. The molecule has 2 atom stereocenters. The molecule has 0 heterocycles. The van der Waals surface area contributed by atoms with E-state index in [1.54, 1.807) is 0 Å². The highest BCUT2D eigenvalue weighted by molar-refractivity contribution is 4.75. The normalized spacial score (nSPS) is 26.2. The van der Waals surface area contributed by atoms with Gasteiger partial charge in [-0.3, -0.25) is 0 Å². The first-order valence-corrected chi connectivity index (χ1v) is 6.99. The van der Waals surface area contributed by atoms with Crippen LogP contribution in [0.1, 0.15) is 52.9 Å². The van der Waals surface area contributed by atoms with Gasteiger partial charge < -0.3 is 10.1 Å². The van der Waals surface area contributed by atoms with Crippen LogP contribution < -0.4 is 5.32 Å². The average Bonchev–Trinajstić information content (AvgIpc) is 2.23. The zero-order valence-electron chi connectivity index (χ0n) is 11.3. The molecule has 2 heteroatoms. The molecule has 0 aliphatic heterocycles. The highest BCUT2D eigenvalue weighted by Gasteiger charge is 2.17. The molecule has 2 nitrogen and oxygen atoms in total. The number of nitrogens with one attached hydrogen (secondary N) is 1. The second-order valence-corrected chi connectivity index (χ2v) is 5.75. The quantitative estimate of drug-likeness (QED) is 0.674. The summed E-state index contributed by atoms with van der Waals surface area (Å²) in [7, 11) is 0. The number of hydrogen-bond acceptors (Lipinski definition) is 2. The van der Waals surface area contributed by atoms with Crippen LogP contribution in [0.3, 0.4) is 0 Å². The van der Waals surface area contributed by atoms with E-state index in [0.29, 0.717) is 5.92 Å². The van der Waals surface area contributed by atoms with Gasteiger partial charge in [0.15, 0.2) is 0 Å². The van der Waals surface area contributed by atoms with Crippen LogP contribution in [0, 0.1) is 11.8 Å². The van der Waals surface area contributed by atoms with Crippen LogP contribution in [0.4, 0.5) is 0 Å². The molecule has 0 aromatic carbocycles. The topological polar surface area (TPSA) is 21.3 Å². The van der Waals surface area contributed by atoms with Crippen molar-refractivity contribution in [3.8, 4) is 0 Å². The SMILES string of the molecule is CC(C)COCCCNC1CCCC(C)C1. The molecule has 0 aromatic heterocycles. The Morgan fingerprint density at radius 1 is 1.31 bits per heavy atom. The summed E-state index contributed by atoms with van der Waals surface area (Å²) in [5, 5.41) is 3.66. The highest BCUT2D eigenvalue weighted by atomic mass is 16.5. The molecule has 1 aliphatic rings. The molecule has 1 N–H and O–H groups in total. The van der Waals surface area contributed by atoms with Crippen molar-refractivity contribution >= 4 is 0 Å². The van der Waals surface area contributed by atoms with Crippen molar-refractivity contribution in [2.24, 2.45) is 11.8 Å². The van der Waals surface area contributed by atoms with Crippen molar-refractivity contribution in [1.29, 1.82) is 0 Å². The Kier molecular flexibility index (Phi) is 7.06. The number of ether oxygens (including phenoxy) is 1. The lowest BCUT2D eigenvalue weighted by Crippen LogP contribution is -2.34. The van der Waals surface area contributed by atoms with E-state index >= 15 is 0 Å². The summed E-state index contributed by atoms with van der Waals surface area (Å²) in [5.41, 5.74) is 0. The Bertz CT molecular complexity index is 170. The van der Waals surface area contributed by atoms with Gasteiger partial charge in [-0.15, -0.1) is 0 Å². The molecule has 0 amide bonds. The summed E-state index contributed by atoms with van der Waals surface area (Å²) in [6.07, 6.45) is 6.72. The van der Waals surface area contributed by atoms with Crippen LogP contribution in [-0.4, -0.2) is 25.8 Å². The molecule has 0 aromatic rings. The van der Waals surface area contributed by atoms with E-state index in [1.165, 1.54) is 25.7 Å². The lowest BCUT2D eigenvalue weighted by atomic mass is 9.87. The third kappa shape index (κ3) is 6.49. The third-order valence-corrected chi connectivity index (χ3v) is 3.29. The lowest BCUT2D eigenvalue weighted by Gasteiger charge is -2.27. The second-order valence-electron chi connectivity index (χ2n) is 5.75. The van der Waals surface area contributed by atoms with Gasteiger partial charge in [-0.2, -0.15) is 0 Å². The Hall–Kier alpha value is -0.0800. The van der Waals surface area contributed by atoms with Crippen molar-refractivity contribution in [3.05, 3.63) is 0 Å². The molecule has 2 unspecified atom stereocenters. The number of hydrogen-bond donors (Lipinski definition) is 1. The van der Waals surface area contributed by atoms with Crippen molar-refractivity contribution in [3.63, 3.8) is 0 Å². The van der Waals surface area contributed by atoms with Crippen molar-refractivity contribution in [2.75, 3.05) is 19.8 Å². The maximum Gasteiger partial charge on any atom is 0.0489 e. The molecular formula is C14H29NO. The summed E-state index contributed by atoms with van der Waals surface area (Å²) in [5.74, 6) is 1.58. The molecule has 0 saturated heterocycles. The molecule has 1 rings (SSSR count). The monoisotopic (exact) mass is 227 g/mol. The summed E-state index contributed by atoms with van der Waals surface area (Å²) in [6, 6.07) is 0.772. The fraction of sp³-hybridized carbons (Fsp3) is 1.00. The van der Waals surface area contributed by atoms with E-state index in [0.717, 1.165) is 38.1 Å². The molecular weight excluding hydrogens is 198 g/mol. The fourth-order valence-corrected chi connectivity index (χ4v) is 2.42. The van der Waals surface area contributed by atoms with Crippen LogP contribution in [0.2, 0.25) is 0 Å². The van der Waals surface area contributed by atoms with E-state index in [4.69, 9.17) is 4.74 Å². The van der Waals surface area contributed by atoms with E-state index in [9.17, 15) is 0 Å². The van der Waals surface area contributed by atoms with Crippen LogP contribution >= 0.6 is 0 Å². The minimum atomic E-state index is 0.659. The summed E-state index contributed by atoms with van der Waals surface area (Å²) in [4.78, 5) is 0. The minimum absolute atomic E-state index is 0.659. The molecule has 0 spiro atoms. The molecule has 0 radical (unpaired) electrons. The largest absolute Gasteiger partial charge is 0.381 e. The van der Waals surface area contributed by atoms with E-state index < -0.39 is 0 Å². The van der Waals surface area contributed by atoms with Gasteiger partial charge in [0.05, 0.1) is 0 Å². The molecule has 96 valence electrons. The maximum absolute atomic E-state index is 5.57. The fourth-order valence-electron chi connectivity index (χ4n) is 2.42. The van der Waals surface area contributed by atoms with Gasteiger partial charge in [0.25, 0.3) is 0 Å². The minimum Gasteiger partial charge on any atom is -0.381 e. The van der Waals surface area contributed by atoms with Gasteiger partial charge in [0.2, 0.25) is 0 Å². The predicted molar refractivity (Wildman–Crippen MR) is 69.7 cm³/mol. The van der Waals surface area contributed by atoms with Crippen LogP contribution in [0.5, 0.6) is 0 Å². The van der Waals surface area contributed by atoms with Crippen LogP contribution in [0.15, 0.2) is 0 Å². The van der Waals surface area contributed by atoms with Crippen molar-refractivity contribution in [1.82, 2.24) is 5.32 Å². The van der Waals surface area contributed by atoms with Crippen molar-refractivity contribution < 1.29 is 4.74 Å². The zero-order chi connectivity index (χ0) is 11.8. The first kappa shape index (κ1) is 14.0. The Morgan fingerprint density at radius 3 is 2.81 bits per heavy atom. The van der Waals surface area contributed by atoms with Gasteiger partial charge in [-0.25, -0.2) is 0 Å². The van der Waals surface area contributed by atoms with Crippen molar-refractivity contribution in [2.45, 2.75) is 58.9 Å². The summed E-state index contributed by atoms with van der Waals surface area (Å²) >= 11 is 0. The van der Waals surface area contributed by atoms with Gasteiger partial charge in [0.1, 0.15) is 0 Å². The van der Waals surface area contributed by atoms with Gasteiger partial charge in [0, 0.05) is 19.3 Å². The van der Waals surface area contributed by atoms with Gasteiger partial charge >= 0.3 is 0 Å². The van der Waals surface area contributed by atoms with Gasteiger partial charge in [-0.1, -0.05) is 33.6 Å². The van der Waals surface area contributed by atoms with Crippen LogP contribution in [0.25, 0.3) is 0 Å². The highest BCUT2D eigenvalue weighted by Crippen LogP contribution is 2.23. The zero-order valence-corrected chi connectivity index (χ0v) is 11.3. The molecule has 16 heavy (non-hydrogen) atoms. The first-order valence-electron chi connectivity index (χ1n) is 6.99. The smallest absolute Gasteiger partial charge is 0.0489 e. The van der Waals surface area contributed by atoms with E-state index in [-0.39, 0.29) is 0 Å². The Morgan fingerprint density at radius 2 is 2.12 bits per heavy atom. The molecule has 0 bridgehead atoms. The molecule has 1 fully saturated rings. The van der Waals surface area contributed by atoms with Crippen LogP contribution in [-0.2, 0) is 4.74 Å². The second kappa shape index (κ2) is 8.08. The lowest BCUT2D eigenvalue weighted by molar-refractivity contribution is 0.107. The molecule has 1 saturated carbocycles. The predicted octanol–water partition coefficient (Wildman–Crippen LogP) is 3.22. The third-order valence-electron chi connectivity index (χ3n) is 3.29. The summed E-state index contributed by atoms with van der Waals surface area (Å²) in [6.45, 7) is 9.70. The average molecular weight is 227 g/mol. The first-order chi connectivity index (χ1) is 7.68. The van der Waals surface area contributed by atoms with E-state index in [1.807, 2.05) is 0 Å². The maximum atomic E-state index is 5.57. The Labute approximate surface area is 101 Å². The summed E-state index contributed by atoms with van der Waals surface area (Å²) < 4.78 is 5.57. The number of rotatable bonds is 7.